The van der Waals surface area contributed by atoms with Crippen molar-refractivity contribution >= 4 is 23.1 Å². The van der Waals surface area contributed by atoms with Crippen LogP contribution >= 0.6 is 0 Å². The average molecular weight is 378 g/mol. The molecule has 0 radical (unpaired) electrons. The van der Waals surface area contributed by atoms with Gasteiger partial charge >= 0.3 is 0 Å². The molecule has 2 aromatic carbocycles. The van der Waals surface area contributed by atoms with E-state index in [0.717, 1.165) is 11.3 Å². The Labute approximate surface area is 161 Å². The van der Waals surface area contributed by atoms with Crippen LogP contribution < -0.4 is 24.8 Å². The molecule has 0 atom stereocenters. The number of aromatic nitrogens is 2. The van der Waals surface area contributed by atoms with Crippen molar-refractivity contribution in [2.24, 2.45) is 0 Å². The number of benzene rings is 2. The van der Waals surface area contributed by atoms with Crippen molar-refractivity contribution in [3.8, 4) is 17.2 Å². The number of nitrogens with one attached hydrogen (secondary N) is 2. The van der Waals surface area contributed by atoms with E-state index in [1.807, 2.05) is 37.3 Å². The molecule has 0 unspecified atom stereocenters. The molecule has 0 fully saturated rings. The van der Waals surface area contributed by atoms with Gasteiger partial charge in [0.05, 0.1) is 25.2 Å². The van der Waals surface area contributed by atoms with E-state index < -0.39 is 0 Å². The summed E-state index contributed by atoms with van der Waals surface area (Å²) in [5.41, 5.74) is 2.56. The summed E-state index contributed by atoms with van der Waals surface area (Å²) in [4.78, 5) is 20.9. The van der Waals surface area contributed by atoms with Gasteiger partial charge in [-0.3, -0.25) is 4.79 Å². The van der Waals surface area contributed by atoms with Gasteiger partial charge in [0.25, 0.3) is 5.91 Å². The topological polar surface area (TPSA) is 94.6 Å². The first-order valence-electron chi connectivity index (χ1n) is 8.57. The summed E-state index contributed by atoms with van der Waals surface area (Å²) in [7, 11) is 1.55. The Hall–Kier alpha value is -3.81. The Morgan fingerprint density at radius 3 is 2.71 bits per heavy atom. The van der Waals surface area contributed by atoms with Gasteiger partial charge < -0.3 is 24.8 Å². The molecule has 2 heterocycles. The third-order valence-electron chi connectivity index (χ3n) is 4.13. The fourth-order valence-corrected chi connectivity index (χ4v) is 2.74. The Bertz CT molecular complexity index is 1020. The first kappa shape index (κ1) is 17.6. The quantitative estimate of drug-likeness (QED) is 0.701. The molecule has 3 aromatic rings. The molecule has 1 aliphatic heterocycles. The van der Waals surface area contributed by atoms with E-state index in [4.69, 9.17) is 14.2 Å². The monoisotopic (exact) mass is 378 g/mol. The van der Waals surface area contributed by atoms with Gasteiger partial charge in [-0.25, -0.2) is 9.97 Å². The second kappa shape index (κ2) is 7.43. The summed E-state index contributed by atoms with van der Waals surface area (Å²) in [5.74, 6) is 2.08. The minimum absolute atomic E-state index is 0.194. The third-order valence-corrected chi connectivity index (χ3v) is 4.13. The molecule has 4 rings (SSSR count). The molecular weight excluding hydrogens is 360 g/mol. The largest absolute Gasteiger partial charge is 0.495 e. The van der Waals surface area contributed by atoms with Crippen LogP contribution in [0.4, 0.5) is 17.2 Å². The van der Waals surface area contributed by atoms with Crippen molar-refractivity contribution in [3.63, 3.8) is 0 Å². The summed E-state index contributed by atoms with van der Waals surface area (Å²) in [6.45, 7) is 2.15. The molecule has 0 saturated heterocycles. The van der Waals surface area contributed by atoms with Crippen molar-refractivity contribution in [1.82, 2.24) is 9.97 Å². The first-order valence-corrected chi connectivity index (χ1v) is 8.57. The van der Waals surface area contributed by atoms with Crippen molar-refractivity contribution in [2.45, 2.75) is 6.92 Å². The number of hydrogen-bond donors (Lipinski definition) is 2. The predicted octanol–water partition coefficient (Wildman–Crippen LogP) is 3.52. The molecular formula is C20H18N4O4. The van der Waals surface area contributed by atoms with E-state index in [1.54, 1.807) is 13.2 Å². The van der Waals surface area contributed by atoms with E-state index in [1.165, 1.54) is 12.4 Å². The zero-order valence-electron chi connectivity index (χ0n) is 15.4. The van der Waals surface area contributed by atoms with Gasteiger partial charge in [0.2, 0.25) is 6.79 Å². The van der Waals surface area contributed by atoms with E-state index in [0.29, 0.717) is 28.8 Å². The number of anilines is 3. The van der Waals surface area contributed by atoms with Crippen molar-refractivity contribution in [2.75, 3.05) is 24.5 Å². The van der Waals surface area contributed by atoms with Gasteiger partial charge in [0.1, 0.15) is 17.3 Å². The van der Waals surface area contributed by atoms with Gasteiger partial charge in [0, 0.05) is 11.8 Å². The molecule has 142 valence electrons. The predicted molar refractivity (Wildman–Crippen MR) is 104 cm³/mol. The molecule has 8 heteroatoms. The number of fused-ring (bicyclic) bond motifs is 1. The molecule has 2 N–H and O–H groups in total. The highest BCUT2D eigenvalue weighted by Crippen LogP contribution is 2.34. The molecule has 0 bridgehead atoms. The average Bonchev–Trinajstić information content (AvgIpc) is 3.16. The number of nitrogens with zero attached hydrogens (tertiary/aromatic N) is 2. The highest BCUT2D eigenvalue weighted by Gasteiger charge is 2.14. The van der Waals surface area contributed by atoms with Crippen LogP contribution in [0.3, 0.4) is 0 Å². The molecule has 1 aromatic heterocycles. The second-order valence-electron chi connectivity index (χ2n) is 6.14. The van der Waals surface area contributed by atoms with E-state index in [9.17, 15) is 4.79 Å². The fraction of sp³-hybridized carbons (Fsp3) is 0.150. The zero-order valence-corrected chi connectivity index (χ0v) is 15.4. The molecule has 8 nitrogen and oxygen atoms in total. The van der Waals surface area contributed by atoms with Crippen molar-refractivity contribution in [3.05, 3.63) is 60.0 Å². The van der Waals surface area contributed by atoms with Crippen LogP contribution in [0.1, 0.15) is 16.1 Å². The summed E-state index contributed by atoms with van der Waals surface area (Å²) < 4.78 is 15.9. The van der Waals surface area contributed by atoms with Crippen LogP contribution in [-0.4, -0.2) is 29.8 Å². The van der Waals surface area contributed by atoms with Crippen LogP contribution in [0.5, 0.6) is 17.2 Å². The second-order valence-corrected chi connectivity index (χ2v) is 6.14. The van der Waals surface area contributed by atoms with Gasteiger partial charge in [-0.15, -0.1) is 0 Å². The van der Waals surface area contributed by atoms with Gasteiger partial charge in [-0.2, -0.15) is 0 Å². The van der Waals surface area contributed by atoms with Crippen molar-refractivity contribution in [1.29, 1.82) is 0 Å². The number of carbonyl (C=O) groups is 1. The van der Waals surface area contributed by atoms with Crippen LogP contribution in [0, 0.1) is 6.92 Å². The van der Waals surface area contributed by atoms with Gasteiger partial charge in [0.15, 0.2) is 11.5 Å². The molecule has 1 aliphatic rings. The number of carbonyl (C=O) groups excluding carboxylic acids is 1. The molecule has 1 amide bonds. The number of hydrogen-bond acceptors (Lipinski definition) is 7. The first-order chi connectivity index (χ1) is 13.6. The maximum absolute atomic E-state index is 12.5. The number of ether oxygens (including phenoxy) is 3. The van der Waals surface area contributed by atoms with Crippen LogP contribution in [0.15, 0.2) is 48.8 Å². The summed E-state index contributed by atoms with van der Waals surface area (Å²) in [6, 6.07) is 11.0. The summed E-state index contributed by atoms with van der Waals surface area (Å²) in [6.07, 6.45) is 2.90. The third kappa shape index (κ3) is 3.66. The smallest absolute Gasteiger partial charge is 0.275 e. The Morgan fingerprint density at radius 2 is 1.93 bits per heavy atom. The van der Waals surface area contributed by atoms with Crippen LogP contribution in [0.2, 0.25) is 0 Å². The SMILES string of the molecule is COc1ccc(C)cc1NC(=O)c1cnc(Nc2ccc3c(c2)OCO3)cn1. The molecule has 0 aliphatic carbocycles. The minimum atomic E-state index is -0.369. The number of aryl methyl sites for hydroxylation is 1. The summed E-state index contributed by atoms with van der Waals surface area (Å²) >= 11 is 0. The number of rotatable bonds is 5. The highest BCUT2D eigenvalue weighted by atomic mass is 16.7. The van der Waals surface area contributed by atoms with E-state index in [2.05, 4.69) is 20.6 Å². The lowest BCUT2D eigenvalue weighted by atomic mass is 10.2. The maximum atomic E-state index is 12.5. The lowest BCUT2D eigenvalue weighted by Gasteiger charge is -2.11. The number of methoxy groups -OCH3 is 1. The standard InChI is InChI=1S/C20H18N4O4/c1-12-3-5-16(26-2)14(7-12)24-20(25)15-9-22-19(10-21-15)23-13-4-6-17-18(8-13)28-11-27-17/h3-10H,11H2,1-2H3,(H,22,23)(H,24,25). The molecule has 0 spiro atoms. The zero-order chi connectivity index (χ0) is 19.5. The van der Waals surface area contributed by atoms with Gasteiger partial charge in [-0.05, 0) is 36.8 Å². The number of amides is 1. The maximum Gasteiger partial charge on any atom is 0.275 e. The van der Waals surface area contributed by atoms with E-state index in [-0.39, 0.29) is 18.4 Å². The van der Waals surface area contributed by atoms with Gasteiger partial charge in [-0.1, -0.05) is 6.07 Å². The molecule has 0 saturated carbocycles. The summed E-state index contributed by atoms with van der Waals surface area (Å²) in [5, 5.41) is 5.91. The van der Waals surface area contributed by atoms with Crippen LogP contribution in [-0.2, 0) is 0 Å². The highest BCUT2D eigenvalue weighted by molar-refractivity contribution is 6.03. The lowest BCUT2D eigenvalue weighted by Crippen LogP contribution is -2.15. The Kier molecular flexibility index (Phi) is 4.67. The normalized spacial score (nSPS) is 11.8. The Morgan fingerprint density at radius 1 is 1.07 bits per heavy atom. The van der Waals surface area contributed by atoms with E-state index >= 15 is 0 Å². The Balaban J connectivity index is 1.46. The minimum Gasteiger partial charge on any atom is -0.495 e. The van der Waals surface area contributed by atoms with Crippen molar-refractivity contribution < 1.29 is 19.0 Å². The molecule has 28 heavy (non-hydrogen) atoms. The fourth-order valence-electron chi connectivity index (χ4n) is 2.74. The van der Waals surface area contributed by atoms with Crippen LogP contribution in [0.25, 0.3) is 0 Å². The lowest BCUT2D eigenvalue weighted by molar-refractivity contribution is 0.102.